The monoisotopic (exact) mass is 347 g/mol. The lowest BCUT2D eigenvalue weighted by Crippen LogP contribution is -2.37. The van der Waals surface area contributed by atoms with Gasteiger partial charge in [0.15, 0.2) is 0 Å². The molecule has 0 radical (unpaired) electrons. The van der Waals surface area contributed by atoms with Crippen molar-refractivity contribution in [2.75, 3.05) is 11.9 Å². The number of benzene rings is 2. The van der Waals surface area contributed by atoms with Crippen molar-refractivity contribution in [1.29, 1.82) is 0 Å². The van der Waals surface area contributed by atoms with Crippen molar-refractivity contribution in [1.82, 2.24) is 0 Å². The van der Waals surface area contributed by atoms with Crippen LogP contribution in [0.3, 0.4) is 0 Å². The maximum Gasteiger partial charge on any atom is 0.0833 e. The number of rotatable bonds is 4. The van der Waals surface area contributed by atoms with E-state index in [1.807, 2.05) is 31.2 Å². The van der Waals surface area contributed by atoms with Crippen LogP contribution in [0, 0.1) is 20.8 Å². The van der Waals surface area contributed by atoms with Crippen molar-refractivity contribution < 1.29 is 5.11 Å². The lowest BCUT2D eigenvalue weighted by molar-refractivity contribution is 0.223. The molecule has 0 aromatic heterocycles. The second-order valence-electron chi connectivity index (χ2n) is 5.87. The molecular weight excluding hydrogens is 326 g/mol. The average Bonchev–Trinajstić information content (AvgIpc) is 2.40. The molecule has 0 spiro atoms. The van der Waals surface area contributed by atoms with Crippen LogP contribution in [0.2, 0.25) is 0 Å². The molecule has 0 fully saturated rings. The molecule has 0 aliphatic rings. The van der Waals surface area contributed by atoms with Gasteiger partial charge >= 0.3 is 0 Å². The minimum Gasteiger partial charge on any atom is -0.394 e. The zero-order valence-corrected chi connectivity index (χ0v) is 14.6. The molecule has 0 aliphatic carbocycles. The summed E-state index contributed by atoms with van der Waals surface area (Å²) in [7, 11) is 0. The summed E-state index contributed by atoms with van der Waals surface area (Å²) >= 11 is 3.56. The molecule has 3 heteroatoms. The van der Waals surface area contributed by atoms with E-state index in [9.17, 15) is 5.11 Å². The molecule has 0 saturated carbocycles. The first-order valence-electron chi connectivity index (χ1n) is 7.09. The lowest BCUT2D eigenvalue weighted by Gasteiger charge is -2.34. The highest BCUT2D eigenvalue weighted by Gasteiger charge is 2.29. The molecule has 2 rings (SSSR count). The number of halogens is 1. The van der Waals surface area contributed by atoms with E-state index in [1.54, 1.807) is 0 Å². The summed E-state index contributed by atoms with van der Waals surface area (Å²) in [5.74, 6) is 0. The van der Waals surface area contributed by atoms with Crippen molar-refractivity contribution in [3.05, 3.63) is 63.1 Å². The van der Waals surface area contributed by atoms with Crippen molar-refractivity contribution in [2.24, 2.45) is 0 Å². The standard InChI is InChI=1S/C18H22BrNO/c1-12-9-13(2)17(14(3)10-12)18(4,11-21)20-16-8-6-5-7-15(16)19/h5-10,20-21H,11H2,1-4H3. The fraction of sp³-hybridized carbons (Fsp3) is 0.333. The maximum absolute atomic E-state index is 10.0. The Hall–Kier alpha value is -1.32. The molecule has 0 amide bonds. The zero-order valence-electron chi connectivity index (χ0n) is 13.0. The van der Waals surface area contributed by atoms with E-state index in [0.717, 1.165) is 15.7 Å². The summed E-state index contributed by atoms with van der Waals surface area (Å²) in [5.41, 5.74) is 5.26. The number of hydrogen-bond acceptors (Lipinski definition) is 2. The van der Waals surface area contributed by atoms with Crippen LogP contribution in [-0.4, -0.2) is 11.7 Å². The molecule has 2 aromatic carbocycles. The van der Waals surface area contributed by atoms with Gasteiger partial charge in [-0.3, -0.25) is 0 Å². The normalized spacial score (nSPS) is 13.8. The Morgan fingerprint density at radius 1 is 1.10 bits per heavy atom. The zero-order chi connectivity index (χ0) is 15.6. The van der Waals surface area contributed by atoms with Gasteiger partial charge in [-0.05, 0) is 72.4 Å². The van der Waals surface area contributed by atoms with Crippen molar-refractivity contribution in [3.63, 3.8) is 0 Å². The molecule has 2 nitrogen and oxygen atoms in total. The predicted octanol–water partition coefficient (Wildman–Crippen LogP) is 4.69. The molecule has 21 heavy (non-hydrogen) atoms. The van der Waals surface area contributed by atoms with Crippen LogP contribution >= 0.6 is 15.9 Å². The fourth-order valence-corrected chi connectivity index (χ4v) is 3.48. The highest BCUT2D eigenvalue weighted by atomic mass is 79.9. The number of para-hydroxylation sites is 1. The molecule has 0 bridgehead atoms. The summed E-state index contributed by atoms with van der Waals surface area (Å²) in [6, 6.07) is 12.3. The summed E-state index contributed by atoms with van der Waals surface area (Å²) < 4.78 is 0.993. The van der Waals surface area contributed by atoms with Crippen molar-refractivity contribution >= 4 is 21.6 Å². The van der Waals surface area contributed by atoms with Crippen LogP contribution in [-0.2, 0) is 5.54 Å². The first-order valence-corrected chi connectivity index (χ1v) is 7.88. The van der Waals surface area contributed by atoms with Crippen LogP contribution in [0.25, 0.3) is 0 Å². The third kappa shape index (κ3) is 3.30. The van der Waals surface area contributed by atoms with Gasteiger partial charge < -0.3 is 10.4 Å². The number of aryl methyl sites for hydroxylation is 3. The Morgan fingerprint density at radius 2 is 1.67 bits per heavy atom. The van der Waals surface area contributed by atoms with E-state index < -0.39 is 5.54 Å². The third-order valence-corrected chi connectivity index (χ3v) is 4.52. The second kappa shape index (κ2) is 6.20. The number of nitrogens with one attached hydrogen (secondary N) is 1. The van der Waals surface area contributed by atoms with Gasteiger partial charge in [-0.1, -0.05) is 29.8 Å². The average molecular weight is 348 g/mol. The van der Waals surface area contributed by atoms with Crippen LogP contribution in [0.4, 0.5) is 5.69 Å². The van der Waals surface area contributed by atoms with E-state index in [0.29, 0.717) is 0 Å². The van der Waals surface area contributed by atoms with Gasteiger partial charge in [-0.2, -0.15) is 0 Å². The Bertz CT molecular complexity index is 630. The number of hydrogen-bond donors (Lipinski definition) is 2. The molecule has 2 N–H and O–H groups in total. The van der Waals surface area contributed by atoms with Gasteiger partial charge in [0.1, 0.15) is 0 Å². The first kappa shape index (κ1) is 16.1. The van der Waals surface area contributed by atoms with Gasteiger partial charge in [-0.15, -0.1) is 0 Å². The van der Waals surface area contributed by atoms with Gasteiger partial charge in [0.2, 0.25) is 0 Å². The van der Waals surface area contributed by atoms with E-state index in [-0.39, 0.29) is 6.61 Å². The van der Waals surface area contributed by atoms with Crippen molar-refractivity contribution in [2.45, 2.75) is 33.2 Å². The predicted molar refractivity (Wildman–Crippen MR) is 92.9 cm³/mol. The van der Waals surface area contributed by atoms with Gasteiger partial charge in [0, 0.05) is 10.2 Å². The highest BCUT2D eigenvalue weighted by molar-refractivity contribution is 9.10. The summed E-state index contributed by atoms with van der Waals surface area (Å²) in [4.78, 5) is 0. The van der Waals surface area contributed by atoms with Crippen LogP contribution in [0.1, 0.15) is 29.2 Å². The molecule has 112 valence electrons. The van der Waals surface area contributed by atoms with Gasteiger partial charge in [0.25, 0.3) is 0 Å². The summed E-state index contributed by atoms with van der Waals surface area (Å²) in [6.45, 7) is 8.37. The third-order valence-electron chi connectivity index (χ3n) is 3.83. The topological polar surface area (TPSA) is 32.3 Å². The molecule has 0 aliphatic heterocycles. The van der Waals surface area contributed by atoms with Crippen LogP contribution in [0.5, 0.6) is 0 Å². The van der Waals surface area contributed by atoms with E-state index in [1.165, 1.54) is 16.7 Å². The van der Waals surface area contributed by atoms with Gasteiger partial charge in [0.05, 0.1) is 12.1 Å². The van der Waals surface area contributed by atoms with Crippen molar-refractivity contribution in [3.8, 4) is 0 Å². The number of anilines is 1. The molecule has 2 aromatic rings. The molecule has 1 unspecified atom stereocenters. The Labute approximate surface area is 135 Å². The quantitative estimate of drug-likeness (QED) is 0.840. The summed E-state index contributed by atoms with van der Waals surface area (Å²) in [6.07, 6.45) is 0. The minimum atomic E-state index is -0.522. The molecule has 1 atom stereocenters. The SMILES string of the molecule is Cc1cc(C)c(C(C)(CO)Nc2ccccc2Br)c(C)c1. The highest BCUT2D eigenvalue weighted by Crippen LogP contribution is 2.34. The Balaban J connectivity index is 2.50. The molecule has 0 heterocycles. The molecular formula is C18H22BrNO. The Morgan fingerprint density at radius 3 is 2.19 bits per heavy atom. The Kier molecular flexibility index (Phi) is 4.74. The fourth-order valence-electron chi connectivity index (χ4n) is 3.09. The van der Waals surface area contributed by atoms with E-state index in [4.69, 9.17) is 0 Å². The maximum atomic E-state index is 10.0. The van der Waals surface area contributed by atoms with E-state index in [2.05, 4.69) is 54.2 Å². The first-order chi connectivity index (χ1) is 9.87. The second-order valence-corrected chi connectivity index (χ2v) is 6.72. The van der Waals surface area contributed by atoms with E-state index >= 15 is 0 Å². The summed E-state index contributed by atoms with van der Waals surface area (Å²) in [5, 5.41) is 13.5. The smallest absolute Gasteiger partial charge is 0.0833 e. The largest absolute Gasteiger partial charge is 0.394 e. The number of aliphatic hydroxyl groups is 1. The number of aliphatic hydroxyl groups excluding tert-OH is 1. The lowest BCUT2D eigenvalue weighted by atomic mass is 9.84. The van der Waals surface area contributed by atoms with Gasteiger partial charge in [-0.25, -0.2) is 0 Å². The minimum absolute atomic E-state index is 0.0269. The molecule has 0 saturated heterocycles. The van der Waals surface area contributed by atoms with Crippen LogP contribution < -0.4 is 5.32 Å². The van der Waals surface area contributed by atoms with Crippen LogP contribution in [0.15, 0.2) is 40.9 Å².